The van der Waals surface area contributed by atoms with Crippen LogP contribution in [0.1, 0.15) is 0 Å². The summed E-state index contributed by atoms with van der Waals surface area (Å²) >= 11 is 10.4. The number of aromatic nitrogens is 12. The number of nitrogens with zero attached hydrogens (tertiary/aromatic N) is 12. The zero-order valence-corrected chi connectivity index (χ0v) is 79.0. The van der Waals surface area contributed by atoms with Gasteiger partial charge in [0.25, 0.3) is 0 Å². The van der Waals surface area contributed by atoms with Gasteiger partial charge in [-0.05, 0) is 121 Å². The van der Waals surface area contributed by atoms with Crippen LogP contribution in [0.25, 0.3) is 291 Å². The van der Waals surface area contributed by atoms with Crippen molar-refractivity contribution in [3.8, 4) is 134 Å². The summed E-state index contributed by atoms with van der Waals surface area (Å²) in [5.74, 6) is 5.55. The van der Waals surface area contributed by atoms with Crippen LogP contribution in [-0.4, -0.2) is 59.8 Å². The molecule has 0 aliphatic rings. The molecule has 0 radical (unpaired) electrons. The van der Waals surface area contributed by atoms with Gasteiger partial charge in [0.1, 0.15) is 48.5 Å². The van der Waals surface area contributed by atoms with Crippen molar-refractivity contribution in [2.75, 3.05) is 0 Å². The maximum atomic E-state index is 6.48. The molecule has 12 heterocycles. The van der Waals surface area contributed by atoms with E-state index in [2.05, 4.69) is 218 Å². The largest absolute Gasteiger partial charge is 0.456 e. The molecule has 18 aromatic carbocycles. The molecule has 0 bridgehead atoms. The molecular formula is C120H66N12O3S6. The zero-order chi connectivity index (χ0) is 92.7. The highest BCUT2D eigenvalue weighted by atomic mass is 32.1. The molecule has 0 N–H and O–H groups in total. The molecule has 0 saturated heterocycles. The second-order valence-corrected chi connectivity index (χ2v) is 40.6. The molecule has 30 rings (SSSR count). The molecular weight excluding hydrogens is 1850 g/mol. The average Bonchev–Trinajstić information content (AvgIpc) is 1.59. The molecule has 0 spiro atoms. The first-order valence-electron chi connectivity index (χ1n) is 45.9. The summed E-state index contributed by atoms with van der Waals surface area (Å²) in [6.07, 6.45) is 0. The average molecular weight is 1920 g/mol. The summed E-state index contributed by atoms with van der Waals surface area (Å²) in [6.45, 7) is 0. The molecule has 15 nitrogen and oxygen atoms in total. The molecule has 21 heteroatoms. The maximum Gasteiger partial charge on any atom is 0.164 e. The topological polar surface area (TPSA) is 194 Å². The van der Waals surface area contributed by atoms with E-state index < -0.39 is 0 Å². The molecule has 141 heavy (non-hydrogen) atoms. The van der Waals surface area contributed by atoms with Gasteiger partial charge in [-0.15, -0.1) is 68.0 Å². The van der Waals surface area contributed by atoms with Crippen molar-refractivity contribution in [3.63, 3.8) is 0 Å². The molecule has 0 amide bonds. The van der Waals surface area contributed by atoms with E-state index in [1.807, 2.05) is 182 Å². The van der Waals surface area contributed by atoms with Crippen LogP contribution < -0.4 is 0 Å². The van der Waals surface area contributed by atoms with Crippen molar-refractivity contribution in [3.05, 3.63) is 400 Å². The van der Waals surface area contributed by atoms with Gasteiger partial charge in [0.2, 0.25) is 0 Å². The van der Waals surface area contributed by atoms with Crippen LogP contribution in [0, 0.1) is 0 Å². The smallest absolute Gasteiger partial charge is 0.164 e. The van der Waals surface area contributed by atoms with Crippen LogP contribution in [0.15, 0.2) is 414 Å². The highest BCUT2D eigenvalue weighted by Crippen LogP contribution is 2.50. The fourth-order valence-corrected chi connectivity index (χ4v) is 25.7. The van der Waals surface area contributed by atoms with Gasteiger partial charge >= 0.3 is 0 Å². The number of hydrogen-bond donors (Lipinski definition) is 0. The van der Waals surface area contributed by atoms with E-state index in [0.717, 1.165) is 184 Å². The number of rotatable bonds is 12. The number of furan rings is 3. The zero-order valence-electron chi connectivity index (χ0n) is 74.1. The van der Waals surface area contributed by atoms with Crippen LogP contribution in [-0.2, 0) is 0 Å². The minimum Gasteiger partial charge on any atom is -0.456 e. The number of benzene rings is 18. The minimum atomic E-state index is 0.594. The predicted molar refractivity (Wildman–Crippen MR) is 585 cm³/mol. The highest BCUT2D eigenvalue weighted by molar-refractivity contribution is 7.27. The third-order valence-electron chi connectivity index (χ3n) is 25.8. The maximum absolute atomic E-state index is 6.48. The first-order valence-corrected chi connectivity index (χ1v) is 50.8. The van der Waals surface area contributed by atoms with Gasteiger partial charge < -0.3 is 13.3 Å². The molecule has 0 unspecified atom stereocenters. The molecule has 0 fully saturated rings. The number of thiazole rings is 3. The molecule has 0 atom stereocenters. The van der Waals surface area contributed by atoms with Gasteiger partial charge in [0, 0.05) is 160 Å². The number of thiophene rings is 3. The van der Waals surface area contributed by atoms with Crippen molar-refractivity contribution >= 4 is 225 Å². The molecule has 0 aliphatic heterocycles. The third-order valence-corrected chi connectivity index (χ3v) is 32.4. The fraction of sp³-hybridized carbons (Fsp3) is 0. The lowest BCUT2D eigenvalue weighted by molar-refractivity contribution is 0.668. The summed E-state index contributed by atoms with van der Waals surface area (Å²) in [5, 5.41) is 16.1. The Morgan fingerprint density at radius 1 is 0.142 bits per heavy atom. The Labute approximate surface area is 825 Å². The summed E-state index contributed by atoms with van der Waals surface area (Å²) in [6, 6.07) is 137. The predicted octanol–water partition coefficient (Wildman–Crippen LogP) is 34.2. The van der Waals surface area contributed by atoms with Crippen LogP contribution in [0.4, 0.5) is 0 Å². The van der Waals surface area contributed by atoms with E-state index in [4.69, 9.17) is 73.1 Å². The van der Waals surface area contributed by atoms with E-state index in [1.54, 1.807) is 68.0 Å². The van der Waals surface area contributed by atoms with Gasteiger partial charge in [-0.2, -0.15) is 0 Å². The number of fused-ring (bicyclic) bond motifs is 21. The van der Waals surface area contributed by atoms with Crippen LogP contribution >= 0.6 is 68.0 Å². The fourth-order valence-electron chi connectivity index (χ4n) is 19.4. The Bertz CT molecular complexity index is 10200. The van der Waals surface area contributed by atoms with Crippen LogP contribution in [0.2, 0.25) is 0 Å². The summed E-state index contributed by atoms with van der Waals surface area (Å²) in [7, 11) is 0. The third kappa shape index (κ3) is 14.4. The minimum absolute atomic E-state index is 0.594. The van der Waals surface area contributed by atoms with Gasteiger partial charge in [0.15, 0.2) is 52.4 Å². The Morgan fingerprint density at radius 2 is 0.404 bits per heavy atom. The molecule has 12 aromatic heterocycles. The second kappa shape index (κ2) is 33.9. The van der Waals surface area contributed by atoms with Crippen molar-refractivity contribution in [2.24, 2.45) is 0 Å². The standard InChI is InChI=1S/3C40H22N4OS2/c1-2-11-23(12-3-1)37-42-38(25-15-10-22-33-34(25)24-13-4-6-20-31(24)46-33)44-39(43-37)26-14-8-18-29-35(26)36-27(16-9-19-30(36)45-29)40-41-28-17-5-7-21-32(28)47-40;1-2-10-23(11-3-1)37-42-38(24-20-21-26-25-12-4-6-18-32(25)46-34(26)22-24)44-39(43-37)27-13-8-16-30-35(27)36-28(14-9-17-31(36)45-30)40-41-29-15-5-7-19-33(29)47-40;1-2-10-23(11-3-1)37-42-38(24-20-21-33-28(22-24)25-12-4-6-18-32(25)46-33)44-39(43-37)26-13-8-16-30-35(26)36-27(14-9-17-31(36)45-30)40-41-29-15-5-7-19-34(29)47-40/h3*1-22H. The highest BCUT2D eigenvalue weighted by Gasteiger charge is 2.28. The monoisotopic (exact) mass is 1910 g/mol. The van der Waals surface area contributed by atoms with Gasteiger partial charge in [-0.1, -0.05) is 279 Å². The normalized spacial score (nSPS) is 11.8. The van der Waals surface area contributed by atoms with Gasteiger partial charge in [-0.3, -0.25) is 0 Å². The van der Waals surface area contributed by atoms with Gasteiger partial charge in [0.05, 0.1) is 30.6 Å². The lowest BCUT2D eigenvalue weighted by Gasteiger charge is -2.10. The summed E-state index contributed by atoms with van der Waals surface area (Å²) in [4.78, 5) is 61.1. The number of para-hydroxylation sites is 3. The Balaban J connectivity index is 0.000000104. The Morgan fingerprint density at radius 3 is 0.809 bits per heavy atom. The lowest BCUT2D eigenvalue weighted by Crippen LogP contribution is -2.00. The molecule has 30 aromatic rings. The first kappa shape index (κ1) is 82.0. The Kier molecular flexibility index (Phi) is 19.7. The SMILES string of the molecule is c1ccc(-c2nc(-c3ccc4c(c3)sc3ccccc34)nc(-c3cccc4oc5cccc(-c6nc7ccccc7s6)c5c34)n2)cc1.c1ccc(-c2nc(-c3ccc4sc5ccccc5c4c3)nc(-c3cccc4oc5cccc(-c6nc7ccccc7s6)c5c34)n2)cc1.c1ccc(-c2nc(-c3cccc4sc5ccccc5c34)nc(-c3cccc4oc5cccc(-c6nc7ccccc7s6)c5c34)n2)cc1. The molecule has 0 saturated carbocycles. The van der Waals surface area contributed by atoms with Crippen molar-refractivity contribution in [1.29, 1.82) is 0 Å². The van der Waals surface area contributed by atoms with Crippen molar-refractivity contribution < 1.29 is 13.3 Å². The van der Waals surface area contributed by atoms with E-state index >= 15 is 0 Å². The van der Waals surface area contributed by atoms with Crippen molar-refractivity contribution in [2.45, 2.75) is 0 Å². The summed E-state index contributed by atoms with van der Waals surface area (Å²) < 4.78 is 30.3. The van der Waals surface area contributed by atoms with Crippen LogP contribution in [0.5, 0.6) is 0 Å². The van der Waals surface area contributed by atoms with E-state index in [1.165, 1.54) is 55.1 Å². The molecule has 660 valence electrons. The second-order valence-electron chi connectivity index (χ2n) is 34.3. The van der Waals surface area contributed by atoms with E-state index in [-0.39, 0.29) is 0 Å². The van der Waals surface area contributed by atoms with E-state index in [9.17, 15) is 0 Å². The molecule has 0 aliphatic carbocycles. The lowest BCUT2D eigenvalue weighted by atomic mass is 10.0. The quantitative estimate of drug-likeness (QED) is 0.112. The number of hydrogen-bond acceptors (Lipinski definition) is 21. The summed E-state index contributed by atoms with van der Waals surface area (Å²) in [5.41, 5.74) is 19.1. The van der Waals surface area contributed by atoms with Crippen LogP contribution in [0.3, 0.4) is 0 Å². The van der Waals surface area contributed by atoms with E-state index in [0.29, 0.717) is 52.4 Å². The van der Waals surface area contributed by atoms with Crippen molar-refractivity contribution in [1.82, 2.24) is 59.8 Å². The Hall–Kier alpha value is -17.3. The first-order chi connectivity index (χ1) is 69.8. The van der Waals surface area contributed by atoms with Gasteiger partial charge in [-0.25, -0.2) is 59.8 Å².